The van der Waals surface area contributed by atoms with Crippen molar-refractivity contribution in [3.05, 3.63) is 75.4 Å². The number of esters is 1. The second-order valence-corrected chi connectivity index (χ2v) is 7.97. The van der Waals surface area contributed by atoms with Crippen LogP contribution in [-0.4, -0.2) is 33.1 Å². The SMILES string of the molecule is Cc1cc(C(=O)COC(=O)c2ccc3cn[nH]c3c2)c(C)n1CCc1cccs1. The number of benzene rings is 1. The molecular formula is C22H21N3O3S. The van der Waals surface area contributed by atoms with Crippen LogP contribution in [0, 0.1) is 13.8 Å². The Morgan fingerprint density at radius 1 is 1.21 bits per heavy atom. The first kappa shape index (κ1) is 19.1. The highest BCUT2D eigenvalue weighted by atomic mass is 32.1. The first-order valence-corrected chi connectivity index (χ1v) is 10.2. The first-order valence-electron chi connectivity index (χ1n) is 9.35. The van der Waals surface area contributed by atoms with Crippen molar-refractivity contribution in [2.75, 3.05) is 6.61 Å². The van der Waals surface area contributed by atoms with Crippen LogP contribution in [0.3, 0.4) is 0 Å². The van der Waals surface area contributed by atoms with Gasteiger partial charge in [0, 0.05) is 33.8 Å². The van der Waals surface area contributed by atoms with E-state index in [1.54, 1.807) is 35.7 Å². The molecule has 0 atom stereocenters. The molecule has 0 spiro atoms. The molecule has 1 aromatic carbocycles. The maximum Gasteiger partial charge on any atom is 0.338 e. The van der Waals surface area contributed by atoms with Crippen molar-refractivity contribution in [2.24, 2.45) is 0 Å². The minimum atomic E-state index is -0.527. The Hall–Kier alpha value is -3.19. The average molecular weight is 407 g/mol. The van der Waals surface area contributed by atoms with Crippen molar-refractivity contribution in [2.45, 2.75) is 26.8 Å². The van der Waals surface area contributed by atoms with Gasteiger partial charge >= 0.3 is 5.97 Å². The predicted octanol–water partition coefficient (Wildman–Crippen LogP) is 4.33. The van der Waals surface area contributed by atoms with Gasteiger partial charge in [-0.15, -0.1) is 11.3 Å². The quantitative estimate of drug-likeness (QED) is 0.365. The molecular weight excluding hydrogens is 386 g/mol. The van der Waals surface area contributed by atoms with Crippen molar-refractivity contribution >= 4 is 34.0 Å². The zero-order valence-electron chi connectivity index (χ0n) is 16.3. The fourth-order valence-electron chi connectivity index (χ4n) is 3.46. The highest BCUT2D eigenvalue weighted by Gasteiger charge is 2.18. The average Bonchev–Trinajstić information content (AvgIpc) is 3.45. The second kappa shape index (κ2) is 8.05. The van der Waals surface area contributed by atoms with Crippen molar-refractivity contribution in [3.8, 4) is 0 Å². The number of hydrogen-bond acceptors (Lipinski definition) is 5. The van der Waals surface area contributed by atoms with Gasteiger partial charge in [-0.1, -0.05) is 12.1 Å². The third kappa shape index (κ3) is 4.00. The molecule has 6 nitrogen and oxygen atoms in total. The zero-order chi connectivity index (χ0) is 20.4. The minimum Gasteiger partial charge on any atom is -0.454 e. The number of rotatable bonds is 7. The van der Waals surface area contributed by atoms with Crippen LogP contribution >= 0.6 is 11.3 Å². The van der Waals surface area contributed by atoms with E-state index in [0.717, 1.165) is 35.3 Å². The topological polar surface area (TPSA) is 77.0 Å². The lowest BCUT2D eigenvalue weighted by Gasteiger charge is -2.09. The summed E-state index contributed by atoms with van der Waals surface area (Å²) >= 11 is 1.73. The van der Waals surface area contributed by atoms with Crippen molar-refractivity contribution in [3.63, 3.8) is 0 Å². The Morgan fingerprint density at radius 3 is 2.86 bits per heavy atom. The molecule has 3 heterocycles. The van der Waals surface area contributed by atoms with E-state index in [2.05, 4.69) is 26.2 Å². The van der Waals surface area contributed by atoms with Crippen LogP contribution in [-0.2, 0) is 17.7 Å². The number of thiophene rings is 1. The van der Waals surface area contributed by atoms with Gasteiger partial charge in [0.25, 0.3) is 0 Å². The number of carbonyl (C=O) groups is 2. The van der Waals surface area contributed by atoms with Crippen LogP contribution in [0.2, 0.25) is 0 Å². The number of ketones is 1. The predicted molar refractivity (Wildman–Crippen MR) is 113 cm³/mol. The van der Waals surface area contributed by atoms with E-state index in [-0.39, 0.29) is 12.4 Å². The third-order valence-electron chi connectivity index (χ3n) is 5.05. The molecule has 0 aliphatic carbocycles. The Labute approximate surface area is 172 Å². The largest absolute Gasteiger partial charge is 0.454 e. The third-order valence-corrected chi connectivity index (χ3v) is 5.98. The molecule has 0 aliphatic rings. The normalized spacial score (nSPS) is 11.1. The molecule has 1 N–H and O–H groups in total. The summed E-state index contributed by atoms with van der Waals surface area (Å²) in [5, 5.41) is 9.73. The molecule has 29 heavy (non-hydrogen) atoms. The molecule has 7 heteroatoms. The summed E-state index contributed by atoms with van der Waals surface area (Å²) in [4.78, 5) is 26.3. The second-order valence-electron chi connectivity index (χ2n) is 6.94. The number of fused-ring (bicyclic) bond motifs is 1. The number of aromatic nitrogens is 3. The van der Waals surface area contributed by atoms with E-state index in [1.165, 1.54) is 4.88 Å². The molecule has 4 rings (SSSR count). The monoisotopic (exact) mass is 407 g/mol. The molecule has 0 saturated heterocycles. The van der Waals surface area contributed by atoms with Crippen LogP contribution in [0.1, 0.15) is 37.0 Å². The minimum absolute atomic E-state index is 0.198. The van der Waals surface area contributed by atoms with Crippen LogP contribution in [0.5, 0.6) is 0 Å². The van der Waals surface area contributed by atoms with E-state index in [0.29, 0.717) is 11.1 Å². The van der Waals surface area contributed by atoms with Crippen molar-refractivity contribution in [1.29, 1.82) is 0 Å². The van der Waals surface area contributed by atoms with Crippen LogP contribution in [0.25, 0.3) is 10.9 Å². The number of aromatic amines is 1. The summed E-state index contributed by atoms with van der Waals surface area (Å²) in [6, 6.07) is 11.2. The van der Waals surface area contributed by atoms with Gasteiger partial charge in [-0.3, -0.25) is 9.89 Å². The Kier molecular flexibility index (Phi) is 5.31. The number of carbonyl (C=O) groups excluding carboxylic acids is 2. The smallest absolute Gasteiger partial charge is 0.338 e. The first-order chi connectivity index (χ1) is 14.0. The van der Waals surface area contributed by atoms with Crippen LogP contribution in [0.15, 0.2) is 48.0 Å². The summed E-state index contributed by atoms with van der Waals surface area (Å²) < 4.78 is 7.40. The number of Topliss-reactive ketones (excluding diaryl/α,β-unsaturated/α-hetero) is 1. The van der Waals surface area contributed by atoms with Crippen LogP contribution < -0.4 is 0 Å². The van der Waals surface area contributed by atoms with Crippen molar-refractivity contribution < 1.29 is 14.3 Å². The lowest BCUT2D eigenvalue weighted by molar-refractivity contribution is 0.0474. The summed E-state index contributed by atoms with van der Waals surface area (Å²) in [7, 11) is 0. The van der Waals surface area contributed by atoms with E-state index < -0.39 is 5.97 Å². The van der Waals surface area contributed by atoms with Gasteiger partial charge in [-0.2, -0.15) is 5.10 Å². The molecule has 0 bridgehead atoms. The van der Waals surface area contributed by atoms with Gasteiger partial charge < -0.3 is 9.30 Å². The molecule has 0 amide bonds. The van der Waals surface area contributed by atoms with Gasteiger partial charge in [0.05, 0.1) is 17.3 Å². The molecule has 0 unspecified atom stereocenters. The summed E-state index contributed by atoms with van der Waals surface area (Å²) in [5.41, 5.74) is 3.67. The number of ether oxygens (including phenoxy) is 1. The van der Waals surface area contributed by atoms with E-state index in [9.17, 15) is 9.59 Å². The van der Waals surface area contributed by atoms with Gasteiger partial charge in [0.2, 0.25) is 5.78 Å². The molecule has 0 saturated carbocycles. The number of aryl methyl sites for hydroxylation is 2. The number of nitrogens with zero attached hydrogens (tertiary/aromatic N) is 2. The number of hydrogen-bond donors (Lipinski definition) is 1. The summed E-state index contributed by atoms with van der Waals surface area (Å²) in [6.07, 6.45) is 2.61. The standard InChI is InChI=1S/C22H21N3O3S/c1-14-10-19(15(2)25(14)8-7-18-4-3-9-29-18)21(26)13-28-22(27)16-5-6-17-12-23-24-20(17)11-16/h3-6,9-12H,7-8,13H2,1-2H3,(H,23,24). The Morgan fingerprint density at radius 2 is 2.07 bits per heavy atom. The van der Waals surface area contributed by atoms with E-state index in [4.69, 9.17) is 4.74 Å². The van der Waals surface area contributed by atoms with Gasteiger partial charge in [-0.25, -0.2) is 4.79 Å². The maximum atomic E-state index is 12.7. The molecule has 0 aliphatic heterocycles. The molecule has 3 aromatic heterocycles. The lowest BCUT2D eigenvalue weighted by Crippen LogP contribution is -2.15. The maximum absolute atomic E-state index is 12.7. The highest BCUT2D eigenvalue weighted by molar-refractivity contribution is 7.09. The molecule has 0 fully saturated rings. The Balaban J connectivity index is 1.41. The number of nitrogens with one attached hydrogen (secondary N) is 1. The fourth-order valence-corrected chi connectivity index (χ4v) is 4.16. The molecule has 0 radical (unpaired) electrons. The van der Waals surface area contributed by atoms with Gasteiger partial charge in [0.15, 0.2) is 6.61 Å². The summed E-state index contributed by atoms with van der Waals surface area (Å²) in [6.45, 7) is 4.46. The number of H-pyrrole nitrogens is 1. The summed E-state index contributed by atoms with van der Waals surface area (Å²) in [5.74, 6) is -0.724. The van der Waals surface area contributed by atoms with Gasteiger partial charge in [-0.05, 0) is 49.9 Å². The van der Waals surface area contributed by atoms with E-state index in [1.807, 2.05) is 26.0 Å². The van der Waals surface area contributed by atoms with Crippen LogP contribution in [0.4, 0.5) is 0 Å². The highest BCUT2D eigenvalue weighted by Crippen LogP contribution is 2.19. The van der Waals surface area contributed by atoms with Crippen molar-refractivity contribution in [1.82, 2.24) is 14.8 Å². The lowest BCUT2D eigenvalue weighted by atomic mass is 10.1. The zero-order valence-corrected chi connectivity index (χ0v) is 17.1. The molecule has 4 aromatic rings. The van der Waals surface area contributed by atoms with E-state index >= 15 is 0 Å². The Bertz CT molecular complexity index is 1170. The fraction of sp³-hybridized carbons (Fsp3) is 0.227. The molecule has 148 valence electrons. The van der Waals surface area contributed by atoms with Gasteiger partial charge in [0.1, 0.15) is 0 Å².